The highest BCUT2D eigenvalue weighted by Crippen LogP contribution is 2.25. The molecule has 1 N–H and O–H groups in total. The van der Waals surface area contributed by atoms with Gasteiger partial charge in [-0.2, -0.15) is 5.10 Å². The molecule has 3 aromatic rings. The predicted molar refractivity (Wildman–Crippen MR) is 95.0 cm³/mol. The summed E-state index contributed by atoms with van der Waals surface area (Å²) >= 11 is 0. The van der Waals surface area contributed by atoms with Gasteiger partial charge >= 0.3 is 0 Å². The zero-order chi connectivity index (χ0) is 17.3. The minimum atomic E-state index is -3.70. The Morgan fingerprint density at radius 1 is 0.917 bits per heavy atom. The average Bonchev–Trinajstić information content (AvgIpc) is 2.84. The standard InChI is InChI=1S/C18H19N3O2S/c1-13-9-11-17(12-10-13)21-15(3)18(14(2)19-21)24(22,23)20-16-7-5-4-6-8-16/h4-12,20H,1-3H3. The Kier molecular flexibility index (Phi) is 4.15. The fraction of sp³-hybridized carbons (Fsp3) is 0.167. The van der Waals surface area contributed by atoms with Crippen LogP contribution < -0.4 is 4.72 Å². The van der Waals surface area contributed by atoms with Gasteiger partial charge in [0.15, 0.2) is 0 Å². The third-order valence-electron chi connectivity index (χ3n) is 3.80. The first-order valence-corrected chi connectivity index (χ1v) is 9.08. The fourth-order valence-electron chi connectivity index (χ4n) is 2.67. The summed E-state index contributed by atoms with van der Waals surface area (Å²) in [5, 5.41) is 4.42. The summed E-state index contributed by atoms with van der Waals surface area (Å²) in [6, 6.07) is 16.6. The molecule has 24 heavy (non-hydrogen) atoms. The molecular weight excluding hydrogens is 322 g/mol. The number of para-hydroxylation sites is 1. The summed E-state index contributed by atoms with van der Waals surface area (Å²) in [6.07, 6.45) is 0. The largest absolute Gasteiger partial charge is 0.280 e. The van der Waals surface area contributed by atoms with E-state index in [1.165, 1.54) is 0 Å². The van der Waals surface area contributed by atoms with Gasteiger partial charge in [-0.25, -0.2) is 13.1 Å². The molecule has 0 amide bonds. The lowest BCUT2D eigenvalue weighted by Crippen LogP contribution is -2.14. The van der Waals surface area contributed by atoms with Gasteiger partial charge in [0, 0.05) is 5.69 Å². The van der Waals surface area contributed by atoms with Crippen molar-refractivity contribution in [2.75, 3.05) is 4.72 Å². The third kappa shape index (κ3) is 3.05. The zero-order valence-corrected chi connectivity index (χ0v) is 14.6. The second-order valence-corrected chi connectivity index (χ2v) is 7.34. The molecule has 0 bridgehead atoms. The quantitative estimate of drug-likeness (QED) is 0.788. The van der Waals surface area contributed by atoms with Crippen LogP contribution in [0.5, 0.6) is 0 Å². The molecule has 0 aliphatic carbocycles. The van der Waals surface area contributed by atoms with E-state index in [4.69, 9.17) is 0 Å². The number of benzene rings is 2. The summed E-state index contributed by atoms with van der Waals surface area (Å²) in [7, 11) is -3.70. The van der Waals surface area contributed by atoms with Crippen molar-refractivity contribution < 1.29 is 8.42 Å². The van der Waals surface area contributed by atoms with Gasteiger partial charge in [0.1, 0.15) is 4.90 Å². The number of aryl methyl sites for hydroxylation is 2. The van der Waals surface area contributed by atoms with E-state index in [-0.39, 0.29) is 4.90 Å². The van der Waals surface area contributed by atoms with Crippen molar-refractivity contribution in [2.45, 2.75) is 25.7 Å². The number of hydrogen-bond acceptors (Lipinski definition) is 3. The Bertz CT molecular complexity index is 960. The summed E-state index contributed by atoms with van der Waals surface area (Å²) in [4.78, 5) is 0.215. The Morgan fingerprint density at radius 2 is 1.54 bits per heavy atom. The number of aromatic nitrogens is 2. The smallest absolute Gasteiger partial charge is 0.265 e. The fourth-order valence-corrected chi connectivity index (χ4v) is 4.12. The molecule has 0 radical (unpaired) electrons. The lowest BCUT2D eigenvalue weighted by Gasteiger charge is -2.09. The van der Waals surface area contributed by atoms with E-state index >= 15 is 0 Å². The van der Waals surface area contributed by atoms with Gasteiger partial charge in [0.25, 0.3) is 10.0 Å². The number of anilines is 1. The second-order valence-electron chi connectivity index (χ2n) is 5.72. The SMILES string of the molecule is Cc1ccc(-n2nc(C)c(S(=O)(=O)Nc3ccccc3)c2C)cc1. The number of hydrogen-bond donors (Lipinski definition) is 1. The lowest BCUT2D eigenvalue weighted by atomic mass is 10.2. The Morgan fingerprint density at radius 3 is 2.17 bits per heavy atom. The molecule has 0 atom stereocenters. The number of nitrogens with one attached hydrogen (secondary N) is 1. The van der Waals surface area contributed by atoms with Crippen molar-refractivity contribution in [1.82, 2.24) is 9.78 Å². The molecular formula is C18H19N3O2S. The summed E-state index contributed by atoms with van der Waals surface area (Å²) in [5.41, 5.74) is 3.55. The van der Waals surface area contributed by atoms with Crippen LogP contribution in [-0.4, -0.2) is 18.2 Å². The molecule has 0 aliphatic rings. The molecule has 2 aromatic carbocycles. The zero-order valence-electron chi connectivity index (χ0n) is 13.8. The number of nitrogens with zero attached hydrogens (tertiary/aromatic N) is 2. The van der Waals surface area contributed by atoms with Crippen LogP contribution in [0, 0.1) is 20.8 Å². The van der Waals surface area contributed by atoms with Crippen molar-refractivity contribution in [3.05, 3.63) is 71.5 Å². The van der Waals surface area contributed by atoms with Crippen LogP contribution in [-0.2, 0) is 10.0 Å². The first kappa shape index (κ1) is 16.3. The minimum Gasteiger partial charge on any atom is -0.280 e. The van der Waals surface area contributed by atoms with Crippen molar-refractivity contribution in [1.29, 1.82) is 0 Å². The van der Waals surface area contributed by atoms with Crippen molar-refractivity contribution in [2.24, 2.45) is 0 Å². The maximum Gasteiger partial charge on any atom is 0.265 e. The Balaban J connectivity index is 2.04. The van der Waals surface area contributed by atoms with Crippen LogP contribution in [0.1, 0.15) is 17.0 Å². The molecule has 1 heterocycles. The molecule has 0 aliphatic heterocycles. The molecule has 3 rings (SSSR count). The van der Waals surface area contributed by atoms with E-state index in [1.807, 2.05) is 37.3 Å². The van der Waals surface area contributed by atoms with Crippen molar-refractivity contribution >= 4 is 15.7 Å². The van der Waals surface area contributed by atoms with Crippen LogP contribution in [0.4, 0.5) is 5.69 Å². The van der Waals surface area contributed by atoms with E-state index in [0.29, 0.717) is 17.1 Å². The summed E-state index contributed by atoms with van der Waals surface area (Å²) in [6.45, 7) is 5.47. The van der Waals surface area contributed by atoms with Gasteiger partial charge in [-0.3, -0.25) is 4.72 Å². The van der Waals surface area contributed by atoms with Gasteiger partial charge in [-0.1, -0.05) is 35.9 Å². The van der Waals surface area contributed by atoms with Crippen LogP contribution in [0.3, 0.4) is 0 Å². The Labute approximate surface area is 142 Å². The molecule has 6 heteroatoms. The minimum absolute atomic E-state index is 0.215. The molecule has 0 spiro atoms. The molecule has 0 unspecified atom stereocenters. The summed E-state index contributed by atoms with van der Waals surface area (Å²) in [5.74, 6) is 0. The van der Waals surface area contributed by atoms with Gasteiger partial charge in [0.2, 0.25) is 0 Å². The normalized spacial score (nSPS) is 11.5. The maximum absolute atomic E-state index is 12.8. The number of rotatable bonds is 4. The predicted octanol–water partition coefficient (Wildman–Crippen LogP) is 3.60. The number of sulfonamides is 1. The van der Waals surface area contributed by atoms with Crippen molar-refractivity contribution in [3.8, 4) is 5.69 Å². The third-order valence-corrected chi connectivity index (χ3v) is 5.43. The first-order chi connectivity index (χ1) is 11.4. The molecule has 0 saturated heterocycles. The van der Waals surface area contributed by atoms with Gasteiger partial charge in [-0.05, 0) is 45.0 Å². The highest BCUT2D eigenvalue weighted by atomic mass is 32.2. The highest BCUT2D eigenvalue weighted by molar-refractivity contribution is 7.92. The van der Waals surface area contributed by atoms with Crippen LogP contribution >= 0.6 is 0 Å². The first-order valence-electron chi connectivity index (χ1n) is 7.59. The van der Waals surface area contributed by atoms with Crippen LogP contribution in [0.25, 0.3) is 5.69 Å². The van der Waals surface area contributed by atoms with Gasteiger partial charge in [0.05, 0.1) is 17.1 Å². The molecule has 0 fully saturated rings. The Hall–Kier alpha value is -2.60. The van der Waals surface area contributed by atoms with E-state index in [9.17, 15) is 8.42 Å². The van der Waals surface area contributed by atoms with Gasteiger partial charge < -0.3 is 0 Å². The van der Waals surface area contributed by atoms with Crippen molar-refractivity contribution in [3.63, 3.8) is 0 Å². The van der Waals surface area contributed by atoms with E-state index in [1.54, 1.807) is 42.8 Å². The maximum atomic E-state index is 12.8. The molecule has 0 saturated carbocycles. The topological polar surface area (TPSA) is 64.0 Å². The molecule has 1 aromatic heterocycles. The monoisotopic (exact) mass is 341 g/mol. The second kappa shape index (κ2) is 6.13. The van der Waals surface area contributed by atoms with E-state index in [2.05, 4.69) is 9.82 Å². The van der Waals surface area contributed by atoms with Gasteiger partial charge in [-0.15, -0.1) is 0 Å². The van der Waals surface area contributed by atoms with Crippen LogP contribution in [0.2, 0.25) is 0 Å². The highest BCUT2D eigenvalue weighted by Gasteiger charge is 2.25. The van der Waals surface area contributed by atoms with E-state index in [0.717, 1.165) is 11.3 Å². The lowest BCUT2D eigenvalue weighted by molar-refractivity contribution is 0.600. The molecule has 124 valence electrons. The molecule has 5 nitrogen and oxygen atoms in total. The average molecular weight is 341 g/mol. The summed E-state index contributed by atoms with van der Waals surface area (Å²) < 4.78 is 29.8. The van der Waals surface area contributed by atoms with E-state index < -0.39 is 10.0 Å². The van der Waals surface area contributed by atoms with Crippen LogP contribution in [0.15, 0.2) is 59.5 Å².